The maximum absolute atomic E-state index is 11.1. The number of aromatic nitrogens is 2. The monoisotopic (exact) mass is 340 g/mol. The third-order valence-electron chi connectivity index (χ3n) is 4.90. The minimum Gasteiger partial charge on any atom is -0.294 e. The molecule has 0 atom stereocenters. The lowest BCUT2D eigenvalue weighted by atomic mass is 9.96. The Balaban J connectivity index is 1.72. The molecule has 0 radical (unpaired) electrons. The number of nitrogens with zero attached hydrogens (tertiary/aromatic N) is 3. The summed E-state index contributed by atoms with van der Waals surface area (Å²) < 4.78 is 1.95. The fourth-order valence-corrected chi connectivity index (χ4v) is 3.35. The number of fused-ring (bicyclic) bond motifs is 1. The second-order valence-electron chi connectivity index (χ2n) is 6.57. The number of carbonyl (C=O) groups is 1. The maximum atomic E-state index is 11.1. The van der Waals surface area contributed by atoms with Gasteiger partial charge < -0.3 is 0 Å². The van der Waals surface area contributed by atoms with E-state index in [1.54, 1.807) is 11.6 Å². The molecule has 1 amide bonds. The van der Waals surface area contributed by atoms with Crippen LogP contribution in [0, 0.1) is 13.8 Å². The van der Waals surface area contributed by atoms with Crippen molar-refractivity contribution < 1.29 is 10.0 Å². The van der Waals surface area contributed by atoms with Gasteiger partial charge in [0.1, 0.15) is 0 Å². The molecule has 2 heterocycles. The summed E-state index contributed by atoms with van der Waals surface area (Å²) in [7, 11) is 1.99. The lowest BCUT2D eigenvalue weighted by Gasteiger charge is -2.29. The van der Waals surface area contributed by atoms with E-state index in [9.17, 15) is 4.79 Å². The molecule has 1 aromatic heterocycles. The summed E-state index contributed by atoms with van der Waals surface area (Å²) in [5.41, 5.74) is 8.87. The first-order valence-corrected chi connectivity index (χ1v) is 8.43. The SMILES string of the molecule is Cc1nn(C)c(C)c1CN1CCc2cc(C=CC(=O)NO)ccc2C1. The standard InChI is InChI=1S/C19H24N4O2/c1-13-18(14(2)22(3)20-13)12-23-9-8-16-10-15(4-6-17(16)11-23)5-7-19(24)21-25/h4-7,10,25H,8-9,11-12H2,1-3H3,(H,21,24). The zero-order valence-corrected chi connectivity index (χ0v) is 14.9. The van der Waals surface area contributed by atoms with Crippen LogP contribution in [0.5, 0.6) is 0 Å². The predicted octanol–water partition coefficient (Wildman–Crippen LogP) is 2.11. The number of hydrogen-bond acceptors (Lipinski definition) is 4. The number of rotatable bonds is 4. The van der Waals surface area contributed by atoms with Gasteiger partial charge in [-0.1, -0.05) is 18.2 Å². The topological polar surface area (TPSA) is 70.4 Å². The van der Waals surface area contributed by atoms with E-state index in [0.29, 0.717) is 0 Å². The molecule has 0 unspecified atom stereocenters. The van der Waals surface area contributed by atoms with Crippen LogP contribution in [0.1, 0.15) is 33.6 Å². The van der Waals surface area contributed by atoms with E-state index in [-0.39, 0.29) is 0 Å². The van der Waals surface area contributed by atoms with Crippen molar-refractivity contribution in [2.45, 2.75) is 33.4 Å². The second-order valence-corrected chi connectivity index (χ2v) is 6.57. The summed E-state index contributed by atoms with van der Waals surface area (Å²) in [5.74, 6) is -0.522. The van der Waals surface area contributed by atoms with Gasteiger partial charge in [0.15, 0.2) is 0 Å². The van der Waals surface area contributed by atoms with Gasteiger partial charge in [0.05, 0.1) is 5.69 Å². The molecule has 0 saturated carbocycles. The van der Waals surface area contributed by atoms with Crippen LogP contribution in [0.15, 0.2) is 24.3 Å². The molecule has 6 nitrogen and oxygen atoms in total. The fraction of sp³-hybridized carbons (Fsp3) is 0.368. The van der Waals surface area contributed by atoms with Crippen LogP contribution in [-0.4, -0.2) is 32.3 Å². The molecule has 0 saturated heterocycles. The third kappa shape index (κ3) is 3.81. The van der Waals surface area contributed by atoms with Crippen molar-refractivity contribution in [1.29, 1.82) is 0 Å². The molecule has 1 aliphatic rings. The van der Waals surface area contributed by atoms with Crippen LogP contribution < -0.4 is 5.48 Å². The second kappa shape index (κ2) is 7.21. The number of carbonyl (C=O) groups excluding carboxylic acids is 1. The van der Waals surface area contributed by atoms with Crippen molar-refractivity contribution in [3.63, 3.8) is 0 Å². The molecule has 2 aromatic rings. The maximum Gasteiger partial charge on any atom is 0.267 e. The summed E-state index contributed by atoms with van der Waals surface area (Å²) >= 11 is 0. The number of hydroxylamine groups is 1. The first-order chi connectivity index (χ1) is 12.0. The van der Waals surface area contributed by atoms with E-state index in [2.05, 4.69) is 36.0 Å². The number of aryl methyl sites for hydroxylation is 2. The van der Waals surface area contributed by atoms with E-state index < -0.39 is 5.91 Å². The zero-order valence-electron chi connectivity index (χ0n) is 14.9. The molecule has 3 rings (SSSR count). The molecule has 25 heavy (non-hydrogen) atoms. The van der Waals surface area contributed by atoms with E-state index in [0.717, 1.165) is 37.3 Å². The van der Waals surface area contributed by atoms with Crippen LogP contribution >= 0.6 is 0 Å². The van der Waals surface area contributed by atoms with Gasteiger partial charge in [-0.25, -0.2) is 5.48 Å². The van der Waals surface area contributed by atoms with Crippen molar-refractivity contribution in [2.24, 2.45) is 7.05 Å². The Labute approximate surface area is 147 Å². The lowest BCUT2D eigenvalue weighted by molar-refractivity contribution is -0.124. The van der Waals surface area contributed by atoms with E-state index in [1.807, 2.05) is 17.8 Å². The predicted molar refractivity (Wildman–Crippen MR) is 95.9 cm³/mol. The average molecular weight is 340 g/mol. The molecular formula is C19H24N4O2. The number of amides is 1. The number of benzene rings is 1. The average Bonchev–Trinajstić information content (AvgIpc) is 2.85. The zero-order chi connectivity index (χ0) is 18.0. The summed E-state index contributed by atoms with van der Waals surface area (Å²) in [5, 5.41) is 13.0. The Morgan fingerprint density at radius 3 is 2.84 bits per heavy atom. The molecule has 0 bridgehead atoms. The van der Waals surface area contributed by atoms with E-state index in [1.165, 1.54) is 28.5 Å². The fourth-order valence-electron chi connectivity index (χ4n) is 3.35. The molecule has 0 aliphatic carbocycles. The van der Waals surface area contributed by atoms with Crippen molar-refractivity contribution >= 4 is 12.0 Å². The highest BCUT2D eigenvalue weighted by Crippen LogP contribution is 2.24. The van der Waals surface area contributed by atoms with Gasteiger partial charge in [0.2, 0.25) is 0 Å². The van der Waals surface area contributed by atoms with Gasteiger partial charge in [-0.2, -0.15) is 5.10 Å². The van der Waals surface area contributed by atoms with Crippen molar-refractivity contribution in [1.82, 2.24) is 20.2 Å². The Morgan fingerprint density at radius 1 is 1.36 bits per heavy atom. The van der Waals surface area contributed by atoms with Crippen LogP contribution in [-0.2, 0) is 31.4 Å². The van der Waals surface area contributed by atoms with Gasteiger partial charge in [-0.15, -0.1) is 0 Å². The molecule has 2 N–H and O–H groups in total. The molecule has 0 spiro atoms. The van der Waals surface area contributed by atoms with E-state index in [4.69, 9.17) is 5.21 Å². The van der Waals surface area contributed by atoms with Gasteiger partial charge in [-0.3, -0.25) is 19.6 Å². The highest BCUT2D eigenvalue weighted by atomic mass is 16.5. The van der Waals surface area contributed by atoms with Gasteiger partial charge >= 0.3 is 0 Å². The Bertz CT molecular complexity index is 823. The third-order valence-corrected chi connectivity index (χ3v) is 4.90. The number of nitrogens with one attached hydrogen (secondary N) is 1. The minimum atomic E-state index is -0.522. The Morgan fingerprint density at radius 2 is 2.16 bits per heavy atom. The summed E-state index contributed by atoms with van der Waals surface area (Å²) in [6, 6.07) is 6.25. The summed E-state index contributed by atoms with van der Waals surface area (Å²) in [4.78, 5) is 13.5. The van der Waals surface area contributed by atoms with E-state index >= 15 is 0 Å². The van der Waals surface area contributed by atoms with Crippen LogP contribution in [0.2, 0.25) is 0 Å². The minimum absolute atomic E-state index is 0.522. The van der Waals surface area contributed by atoms with Gasteiger partial charge in [0.25, 0.3) is 5.91 Å². The highest BCUT2D eigenvalue weighted by Gasteiger charge is 2.19. The summed E-state index contributed by atoms with van der Waals surface area (Å²) in [6.45, 7) is 7.04. The first-order valence-electron chi connectivity index (χ1n) is 8.43. The molecule has 1 aromatic carbocycles. The Hall–Kier alpha value is -2.44. The largest absolute Gasteiger partial charge is 0.294 e. The van der Waals surface area contributed by atoms with Crippen molar-refractivity contribution in [3.8, 4) is 0 Å². The smallest absolute Gasteiger partial charge is 0.267 e. The number of hydrogen-bond donors (Lipinski definition) is 2. The molecule has 0 fully saturated rings. The van der Waals surface area contributed by atoms with Crippen LogP contribution in [0.25, 0.3) is 6.08 Å². The van der Waals surface area contributed by atoms with Gasteiger partial charge in [-0.05, 0) is 43.0 Å². The molecule has 1 aliphatic heterocycles. The molecule has 132 valence electrons. The Kier molecular flexibility index (Phi) is 5.01. The van der Waals surface area contributed by atoms with Gasteiger partial charge in [0, 0.05) is 44.0 Å². The normalized spacial score (nSPS) is 14.7. The van der Waals surface area contributed by atoms with Crippen LogP contribution in [0.4, 0.5) is 0 Å². The summed E-state index contributed by atoms with van der Waals surface area (Å²) in [6.07, 6.45) is 4.02. The quantitative estimate of drug-likeness (QED) is 0.508. The lowest BCUT2D eigenvalue weighted by Crippen LogP contribution is -2.30. The van der Waals surface area contributed by atoms with Crippen LogP contribution in [0.3, 0.4) is 0 Å². The highest BCUT2D eigenvalue weighted by molar-refractivity contribution is 5.90. The first kappa shape index (κ1) is 17.4. The van der Waals surface area contributed by atoms with Crippen molar-refractivity contribution in [3.05, 3.63) is 57.9 Å². The molecule has 6 heteroatoms. The molecular weight excluding hydrogens is 316 g/mol. The van der Waals surface area contributed by atoms with Crippen molar-refractivity contribution in [2.75, 3.05) is 6.54 Å².